The third-order valence-corrected chi connectivity index (χ3v) is 4.11. The number of nitrogens with zero attached hydrogens (tertiary/aromatic N) is 1. The van der Waals surface area contributed by atoms with E-state index in [2.05, 4.69) is 34.5 Å². The van der Waals surface area contributed by atoms with Crippen LogP contribution in [0.4, 0.5) is 0 Å². The monoisotopic (exact) mass is 288 g/mol. The van der Waals surface area contributed by atoms with Gasteiger partial charge >= 0.3 is 0 Å². The first-order valence-corrected chi connectivity index (χ1v) is 7.16. The number of benzene rings is 3. The van der Waals surface area contributed by atoms with Crippen LogP contribution in [0.25, 0.3) is 32.9 Å². The van der Waals surface area contributed by atoms with Gasteiger partial charge in [0.25, 0.3) is 0 Å². The number of nitrogens with one attached hydrogen (secondary N) is 1. The number of fused-ring (bicyclic) bond motifs is 4. The van der Waals surface area contributed by atoms with Crippen LogP contribution >= 0.6 is 0 Å². The average Bonchev–Trinajstić information content (AvgIpc) is 3.20. The van der Waals surface area contributed by atoms with Crippen LogP contribution in [0.15, 0.2) is 54.6 Å². The number of ether oxygens (including phenoxy) is 2. The maximum Gasteiger partial charge on any atom is 0.231 e. The van der Waals surface area contributed by atoms with Gasteiger partial charge in [0.2, 0.25) is 6.79 Å². The molecule has 5 rings (SSSR count). The van der Waals surface area contributed by atoms with Crippen molar-refractivity contribution in [3.8, 4) is 22.8 Å². The molecule has 1 N–H and O–H groups in total. The van der Waals surface area contributed by atoms with Crippen LogP contribution in [0, 0.1) is 0 Å². The molecule has 0 radical (unpaired) electrons. The maximum absolute atomic E-state index is 5.46. The van der Waals surface area contributed by atoms with E-state index >= 15 is 0 Å². The van der Waals surface area contributed by atoms with Crippen LogP contribution < -0.4 is 9.47 Å². The highest BCUT2D eigenvalue weighted by Crippen LogP contribution is 2.38. The molecule has 0 amide bonds. The summed E-state index contributed by atoms with van der Waals surface area (Å²) in [5.74, 6) is 1.56. The van der Waals surface area contributed by atoms with E-state index in [9.17, 15) is 0 Å². The number of hydrogen-bond acceptors (Lipinski definition) is 3. The van der Waals surface area contributed by atoms with E-state index in [0.29, 0.717) is 0 Å². The third-order valence-electron chi connectivity index (χ3n) is 4.11. The summed E-state index contributed by atoms with van der Waals surface area (Å²) in [5.41, 5.74) is 3.01. The van der Waals surface area contributed by atoms with Crippen molar-refractivity contribution in [3.63, 3.8) is 0 Å². The van der Waals surface area contributed by atoms with Gasteiger partial charge in [-0.15, -0.1) is 0 Å². The van der Waals surface area contributed by atoms with Crippen LogP contribution in [0.5, 0.6) is 11.5 Å². The first-order chi connectivity index (χ1) is 10.9. The minimum Gasteiger partial charge on any atom is -0.454 e. The fourth-order valence-corrected chi connectivity index (χ4v) is 3.03. The van der Waals surface area contributed by atoms with Gasteiger partial charge in [0, 0.05) is 16.3 Å². The number of rotatable bonds is 1. The summed E-state index contributed by atoms with van der Waals surface area (Å²) >= 11 is 0. The second-order valence-electron chi connectivity index (χ2n) is 5.35. The van der Waals surface area contributed by atoms with Crippen LogP contribution in [-0.2, 0) is 0 Å². The Morgan fingerprint density at radius 1 is 0.864 bits per heavy atom. The minimum atomic E-state index is 0.282. The Balaban J connectivity index is 1.77. The molecule has 4 aromatic rings. The third kappa shape index (κ3) is 1.55. The Bertz CT molecular complexity index is 1020. The lowest BCUT2D eigenvalue weighted by atomic mass is 10.0. The summed E-state index contributed by atoms with van der Waals surface area (Å²) in [4.78, 5) is 0. The zero-order chi connectivity index (χ0) is 14.5. The zero-order valence-corrected chi connectivity index (χ0v) is 11.7. The Morgan fingerprint density at radius 2 is 1.77 bits per heavy atom. The van der Waals surface area contributed by atoms with Gasteiger partial charge in [-0.2, -0.15) is 5.10 Å². The molecule has 106 valence electrons. The predicted molar refractivity (Wildman–Crippen MR) is 85.2 cm³/mol. The number of hydrogen-bond donors (Lipinski definition) is 1. The van der Waals surface area contributed by atoms with E-state index in [1.807, 2.05) is 30.3 Å². The van der Waals surface area contributed by atoms with Crippen molar-refractivity contribution >= 4 is 21.7 Å². The minimum absolute atomic E-state index is 0.282. The van der Waals surface area contributed by atoms with Crippen LogP contribution in [0.1, 0.15) is 0 Å². The highest BCUT2D eigenvalue weighted by Gasteiger charge is 2.16. The molecule has 0 spiro atoms. The van der Waals surface area contributed by atoms with Gasteiger partial charge in [-0.3, -0.25) is 5.10 Å². The van der Waals surface area contributed by atoms with Gasteiger partial charge in [-0.1, -0.05) is 30.3 Å². The molecule has 0 bridgehead atoms. The molecule has 3 aromatic carbocycles. The Morgan fingerprint density at radius 3 is 2.77 bits per heavy atom. The fraction of sp³-hybridized carbons (Fsp3) is 0.0556. The standard InChI is InChI=1S/C18H12N2O2/c1-2-4-13-11(3-1)5-7-14-17(19-20-18(13)14)12-6-8-15-16(9-12)22-10-21-15/h1-9H,10H2,(H,19,20). The average molecular weight is 288 g/mol. The molecule has 0 saturated heterocycles. The molecular weight excluding hydrogens is 276 g/mol. The summed E-state index contributed by atoms with van der Waals surface area (Å²) in [6, 6.07) is 18.5. The van der Waals surface area contributed by atoms with Crippen LogP contribution in [0.2, 0.25) is 0 Å². The number of aromatic nitrogens is 2. The lowest BCUT2D eigenvalue weighted by Crippen LogP contribution is -1.92. The van der Waals surface area contributed by atoms with E-state index in [0.717, 1.165) is 33.7 Å². The predicted octanol–water partition coefficient (Wildman–Crippen LogP) is 4.11. The van der Waals surface area contributed by atoms with Crippen LogP contribution in [0.3, 0.4) is 0 Å². The Kier molecular flexibility index (Phi) is 2.24. The molecule has 0 aliphatic carbocycles. The first kappa shape index (κ1) is 11.6. The fourth-order valence-electron chi connectivity index (χ4n) is 3.03. The van der Waals surface area contributed by atoms with E-state index in [4.69, 9.17) is 9.47 Å². The molecule has 1 aliphatic rings. The molecule has 22 heavy (non-hydrogen) atoms. The normalized spacial score (nSPS) is 13.1. The van der Waals surface area contributed by atoms with Crippen molar-refractivity contribution < 1.29 is 9.47 Å². The highest BCUT2D eigenvalue weighted by atomic mass is 16.7. The van der Waals surface area contributed by atoms with Gasteiger partial charge in [0.15, 0.2) is 11.5 Å². The van der Waals surface area contributed by atoms with Gasteiger partial charge in [-0.25, -0.2) is 0 Å². The Labute approximate surface area is 126 Å². The highest BCUT2D eigenvalue weighted by molar-refractivity contribution is 6.09. The maximum atomic E-state index is 5.46. The molecule has 2 heterocycles. The lowest BCUT2D eigenvalue weighted by Gasteiger charge is -2.02. The van der Waals surface area contributed by atoms with E-state index in [1.54, 1.807) is 0 Å². The first-order valence-electron chi connectivity index (χ1n) is 7.16. The molecule has 0 fully saturated rings. The van der Waals surface area contributed by atoms with Gasteiger partial charge in [0.1, 0.15) is 5.69 Å². The molecule has 0 atom stereocenters. The van der Waals surface area contributed by atoms with Crippen LogP contribution in [-0.4, -0.2) is 17.0 Å². The smallest absolute Gasteiger partial charge is 0.231 e. The number of H-pyrrole nitrogens is 1. The van der Waals surface area contributed by atoms with Crippen molar-refractivity contribution in [2.45, 2.75) is 0 Å². The van der Waals surface area contributed by atoms with Crippen molar-refractivity contribution in [3.05, 3.63) is 54.6 Å². The van der Waals surface area contributed by atoms with Crippen molar-refractivity contribution in [1.82, 2.24) is 10.2 Å². The molecule has 1 aromatic heterocycles. The van der Waals surface area contributed by atoms with E-state index in [1.165, 1.54) is 10.8 Å². The summed E-state index contributed by atoms with van der Waals surface area (Å²) in [6.07, 6.45) is 0. The van der Waals surface area contributed by atoms with E-state index in [-0.39, 0.29) is 6.79 Å². The van der Waals surface area contributed by atoms with E-state index < -0.39 is 0 Å². The van der Waals surface area contributed by atoms with Crippen molar-refractivity contribution in [2.24, 2.45) is 0 Å². The summed E-state index contributed by atoms with van der Waals surface area (Å²) in [7, 11) is 0. The topological polar surface area (TPSA) is 47.1 Å². The second kappa shape index (κ2) is 4.24. The SMILES string of the molecule is c1ccc2c(c1)ccc1c(-c3ccc4c(c3)OCO4)n[nH]c12. The van der Waals surface area contributed by atoms with Gasteiger partial charge in [-0.05, 0) is 29.7 Å². The molecule has 1 aliphatic heterocycles. The largest absolute Gasteiger partial charge is 0.454 e. The second-order valence-corrected chi connectivity index (χ2v) is 5.35. The lowest BCUT2D eigenvalue weighted by molar-refractivity contribution is 0.174. The molecule has 0 unspecified atom stereocenters. The zero-order valence-electron chi connectivity index (χ0n) is 11.7. The number of aromatic amines is 1. The summed E-state index contributed by atoms with van der Waals surface area (Å²) in [5, 5.41) is 11.2. The summed E-state index contributed by atoms with van der Waals surface area (Å²) < 4.78 is 10.8. The van der Waals surface area contributed by atoms with Gasteiger partial charge < -0.3 is 9.47 Å². The molecule has 0 saturated carbocycles. The van der Waals surface area contributed by atoms with Crippen molar-refractivity contribution in [2.75, 3.05) is 6.79 Å². The summed E-state index contributed by atoms with van der Waals surface area (Å²) in [6.45, 7) is 0.282. The Hall–Kier alpha value is -3.01. The molecular formula is C18H12N2O2. The molecule has 4 nitrogen and oxygen atoms in total. The molecule has 4 heteroatoms. The van der Waals surface area contributed by atoms with Crippen molar-refractivity contribution in [1.29, 1.82) is 0 Å². The quantitative estimate of drug-likeness (QED) is 0.573. The van der Waals surface area contributed by atoms with Gasteiger partial charge in [0.05, 0.1) is 5.52 Å².